The van der Waals surface area contributed by atoms with Crippen molar-refractivity contribution in [3.8, 4) is 0 Å². The molecule has 2 heterocycles. The Hall–Kier alpha value is -3.30. The van der Waals surface area contributed by atoms with Gasteiger partial charge in [-0.25, -0.2) is 18.6 Å². The lowest BCUT2D eigenvalue weighted by Crippen LogP contribution is -2.38. The molecule has 3 aromatic rings. The van der Waals surface area contributed by atoms with Crippen molar-refractivity contribution in [2.45, 2.75) is 19.5 Å². The Morgan fingerprint density at radius 2 is 1.89 bits per heavy atom. The lowest BCUT2D eigenvalue weighted by molar-refractivity contribution is -0.122. The standard InChI is InChI=1S/C17H17F2N5O3/c1-9(10-4-5-11(18)12(19)6-10)21-13(25)7-24-8-20-15-14(24)16(26)23(3)17(27)22(15)2/h4-6,8-9H,7H2,1-3H3,(H,21,25)/t9-/m0/s1. The summed E-state index contributed by atoms with van der Waals surface area (Å²) >= 11 is 0. The monoisotopic (exact) mass is 377 g/mol. The van der Waals surface area contributed by atoms with Crippen LogP contribution < -0.4 is 16.6 Å². The molecule has 1 amide bonds. The van der Waals surface area contributed by atoms with Crippen molar-refractivity contribution < 1.29 is 13.6 Å². The summed E-state index contributed by atoms with van der Waals surface area (Å²) in [6.07, 6.45) is 1.30. The van der Waals surface area contributed by atoms with E-state index < -0.39 is 34.8 Å². The van der Waals surface area contributed by atoms with Gasteiger partial charge < -0.3 is 9.88 Å². The van der Waals surface area contributed by atoms with E-state index in [-0.39, 0.29) is 17.7 Å². The van der Waals surface area contributed by atoms with Crippen molar-refractivity contribution in [3.05, 3.63) is 62.6 Å². The van der Waals surface area contributed by atoms with Gasteiger partial charge in [0.2, 0.25) is 5.91 Å². The van der Waals surface area contributed by atoms with Crippen LogP contribution in [0.25, 0.3) is 11.2 Å². The molecule has 0 aliphatic heterocycles. The van der Waals surface area contributed by atoms with Crippen LogP contribution in [0.15, 0.2) is 34.1 Å². The van der Waals surface area contributed by atoms with Crippen LogP contribution in [0, 0.1) is 11.6 Å². The molecule has 142 valence electrons. The van der Waals surface area contributed by atoms with Crippen molar-refractivity contribution in [2.75, 3.05) is 0 Å². The first-order valence-corrected chi connectivity index (χ1v) is 8.06. The molecule has 0 radical (unpaired) electrons. The Balaban J connectivity index is 1.85. The first kappa shape index (κ1) is 18.5. The van der Waals surface area contributed by atoms with E-state index in [1.807, 2.05) is 0 Å². The molecule has 2 aromatic heterocycles. The molecule has 8 nitrogen and oxygen atoms in total. The van der Waals surface area contributed by atoms with Crippen LogP contribution >= 0.6 is 0 Å². The third-order valence-electron chi connectivity index (χ3n) is 4.35. The lowest BCUT2D eigenvalue weighted by atomic mass is 10.1. The second-order valence-corrected chi connectivity index (χ2v) is 6.21. The summed E-state index contributed by atoms with van der Waals surface area (Å²) in [5.74, 6) is -2.43. The first-order chi connectivity index (χ1) is 12.7. The van der Waals surface area contributed by atoms with Gasteiger partial charge in [0, 0.05) is 14.1 Å². The second-order valence-electron chi connectivity index (χ2n) is 6.21. The number of carbonyl (C=O) groups excluding carboxylic acids is 1. The van der Waals surface area contributed by atoms with Crippen LogP contribution in [-0.4, -0.2) is 24.6 Å². The van der Waals surface area contributed by atoms with E-state index in [0.29, 0.717) is 5.56 Å². The highest BCUT2D eigenvalue weighted by Crippen LogP contribution is 2.16. The van der Waals surface area contributed by atoms with Gasteiger partial charge in [-0.3, -0.25) is 18.7 Å². The van der Waals surface area contributed by atoms with Crippen LogP contribution in [-0.2, 0) is 25.4 Å². The smallest absolute Gasteiger partial charge is 0.332 e. The van der Waals surface area contributed by atoms with Gasteiger partial charge in [-0.2, -0.15) is 0 Å². The molecule has 1 aromatic carbocycles. The number of halogens is 2. The number of rotatable bonds is 4. The lowest BCUT2D eigenvalue weighted by Gasteiger charge is -2.15. The summed E-state index contributed by atoms with van der Waals surface area (Å²) in [6.45, 7) is 1.40. The summed E-state index contributed by atoms with van der Waals surface area (Å²) < 4.78 is 29.9. The van der Waals surface area contributed by atoms with Crippen LogP contribution in [0.5, 0.6) is 0 Å². The van der Waals surface area contributed by atoms with E-state index in [1.54, 1.807) is 6.92 Å². The highest BCUT2D eigenvalue weighted by Gasteiger charge is 2.17. The zero-order chi connectivity index (χ0) is 19.9. The van der Waals surface area contributed by atoms with E-state index in [9.17, 15) is 23.2 Å². The molecule has 1 atom stereocenters. The maximum atomic E-state index is 13.3. The summed E-state index contributed by atoms with van der Waals surface area (Å²) in [5.41, 5.74) is -0.392. The molecule has 0 saturated heterocycles. The molecule has 10 heteroatoms. The number of nitrogens with zero attached hydrogens (tertiary/aromatic N) is 4. The Morgan fingerprint density at radius 3 is 2.56 bits per heavy atom. The molecule has 0 saturated carbocycles. The first-order valence-electron chi connectivity index (χ1n) is 8.06. The van der Waals surface area contributed by atoms with Gasteiger partial charge in [-0.1, -0.05) is 6.07 Å². The fourth-order valence-electron chi connectivity index (χ4n) is 2.82. The third-order valence-corrected chi connectivity index (χ3v) is 4.35. The number of hydrogen-bond donors (Lipinski definition) is 1. The Labute approximate surface area is 151 Å². The van der Waals surface area contributed by atoms with Crippen molar-refractivity contribution in [3.63, 3.8) is 0 Å². The number of fused-ring (bicyclic) bond motifs is 1. The minimum atomic E-state index is -1.00. The zero-order valence-electron chi connectivity index (χ0n) is 14.9. The average Bonchev–Trinajstić information content (AvgIpc) is 3.03. The Kier molecular flexibility index (Phi) is 4.64. The van der Waals surface area contributed by atoms with E-state index in [4.69, 9.17) is 0 Å². The number of aromatic nitrogens is 4. The number of amides is 1. The van der Waals surface area contributed by atoms with Crippen molar-refractivity contribution >= 4 is 17.1 Å². The highest BCUT2D eigenvalue weighted by molar-refractivity contribution is 5.79. The largest absolute Gasteiger partial charge is 0.348 e. The number of imidazole rings is 1. The highest BCUT2D eigenvalue weighted by atomic mass is 19.2. The minimum absolute atomic E-state index is 0.121. The third kappa shape index (κ3) is 3.25. The molecule has 27 heavy (non-hydrogen) atoms. The topological polar surface area (TPSA) is 90.9 Å². The number of aryl methyl sites for hydroxylation is 1. The van der Waals surface area contributed by atoms with Crippen molar-refractivity contribution in [1.82, 2.24) is 24.0 Å². The molecule has 0 spiro atoms. The van der Waals surface area contributed by atoms with E-state index in [2.05, 4.69) is 10.3 Å². The van der Waals surface area contributed by atoms with Crippen LogP contribution in [0.1, 0.15) is 18.5 Å². The van der Waals surface area contributed by atoms with Gasteiger partial charge in [0.05, 0.1) is 12.4 Å². The van der Waals surface area contributed by atoms with E-state index in [0.717, 1.165) is 16.7 Å². The molecular weight excluding hydrogens is 360 g/mol. The van der Waals surface area contributed by atoms with Gasteiger partial charge in [-0.15, -0.1) is 0 Å². The Bertz CT molecular complexity index is 1160. The maximum Gasteiger partial charge on any atom is 0.332 e. The average molecular weight is 377 g/mol. The summed E-state index contributed by atoms with van der Waals surface area (Å²) in [6, 6.07) is 2.80. The predicted octanol–water partition coefficient (Wildman–Crippen LogP) is 0.589. The fourth-order valence-corrected chi connectivity index (χ4v) is 2.82. The van der Waals surface area contributed by atoms with Crippen LogP contribution in [0.3, 0.4) is 0 Å². The van der Waals surface area contributed by atoms with Gasteiger partial charge in [0.1, 0.15) is 6.54 Å². The molecule has 0 aliphatic rings. The zero-order valence-corrected chi connectivity index (χ0v) is 14.9. The SMILES string of the molecule is C[C@H](NC(=O)Cn1cnc2c1c(=O)n(C)c(=O)n2C)c1ccc(F)c(F)c1. The van der Waals surface area contributed by atoms with E-state index >= 15 is 0 Å². The summed E-state index contributed by atoms with van der Waals surface area (Å²) in [4.78, 5) is 40.7. The molecule has 0 aliphatic carbocycles. The number of nitrogens with one attached hydrogen (secondary N) is 1. The van der Waals surface area contributed by atoms with Crippen molar-refractivity contribution in [1.29, 1.82) is 0 Å². The quantitative estimate of drug-likeness (QED) is 0.721. The fraction of sp³-hybridized carbons (Fsp3) is 0.294. The summed E-state index contributed by atoms with van der Waals surface area (Å²) in [5, 5.41) is 2.65. The Morgan fingerprint density at radius 1 is 1.19 bits per heavy atom. The van der Waals surface area contributed by atoms with Gasteiger partial charge in [0.25, 0.3) is 5.56 Å². The predicted molar refractivity (Wildman–Crippen MR) is 93.1 cm³/mol. The number of benzene rings is 1. The van der Waals surface area contributed by atoms with Gasteiger partial charge >= 0.3 is 5.69 Å². The molecule has 0 fully saturated rings. The molecule has 1 N–H and O–H groups in total. The minimum Gasteiger partial charge on any atom is -0.348 e. The van der Waals surface area contributed by atoms with Crippen LogP contribution in [0.2, 0.25) is 0 Å². The number of hydrogen-bond acceptors (Lipinski definition) is 4. The second kappa shape index (κ2) is 6.78. The van der Waals surface area contributed by atoms with Crippen LogP contribution in [0.4, 0.5) is 8.78 Å². The maximum absolute atomic E-state index is 13.3. The number of carbonyl (C=O) groups is 1. The molecule has 0 unspecified atom stereocenters. The van der Waals surface area contributed by atoms with Gasteiger partial charge in [0.15, 0.2) is 22.8 Å². The molecule has 0 bridgehead atoms. The molecular formula is C17H17F2N5O3. The van der Waals surface area contributed by atoms with Crippen molar-refractivity contribution in [2.24, 2.45) is 14.1 Å². The van der Waals surface area contributed by atoms with Gasteiger partial charge in [-0.05, 0) is 24.6 Å². The molecule has 3 rings (SSSR count). The summed E-state index contributed by atoms with van der Waals surface area (Å²) in [7, 11) is 2.82. The van der Waals surface area contributed by atoms with E-state index in [1.165, 1.54) is 35.6 Å². The normalized spacial score (nSPS) is 12.3.